The second-order valence-corrected chi connectivity index (χ2v) is 4.66. The van der Waals surface area contributed by atoms with Gasteiger partial charge in [0.1, 0.15) is 11.6 Å². The molecule has 0 radical (unpaired) electrons. The van der Waals surface area contributed by atoms with Crippen molar-refractivity contribution in [2.24, 2.45) is 5.73 Å². The summed E-state index contributed by atoms with van der Waals surface area (Å²) in [5, 5.41) is 0. The van der Waals surface area contributed by atoms with E-state index in [4.69, 9.17) is 5.73 Å². The lowest BCUT2D eigenvalue weighted by atomic mass is 9.87. The molecule has 0 saturated heterocycles. The molecule has 0 saturated carbocycles. The summed E-state index contributed by atoms with van der Waals surface area (Å²) in [5.74, 6) is -1.13. The van der Waals surface area contributed by atoms with Crippen molar-refractivity contribution in [1.82, 2.24) is 0 Å². The zero-order chi connectivity index (χ0) is 14.5. The van der Waals surface area contributed by atoms with E-state index in [-0.39, 0.29) is 42.3 Å². The number of halogens is 3. The van der Waals surface area contributed by atoms with Crippen molar-refractivity contribution in [3.05, 3.63) is 71.3 Å². The van der Waals surface area contributed by atoms with Gasteiger partial charge in [0.15, 0.2) is 0 Å². The first-order valence-electron chi connectivity index (χ1n) is 6.35. The van der Waals surface area contributed by atoms with Gasteiger partial charge in [-0.3, -0.25) is 4.79 Å². The number of nitrogens with two attached hydrogens (primary N) is 1. The fraction of sp³-hybridized carbons (Fsp3) is 0.188. The van der Waals surface area contributed by atoms with Gasteiger partial charge in [-0.2, -0.15) is 0 Å². The minimum atomic E-state index is -0.390. The van der Waals surface area contributed by atoms with Gasteiger partial charge < -0.3 is 5.73 Å². The fourth-order valence-corrected chi connectivity index (χ4v) is 2.20. The highest BCUT2D eigenvalue weighted by Crippen LogP contribution is 2.29. The van der Waals surface area contributed by atoms with Crippen molar-refractivity contribution >= 4 is 18.3 Å². The molecule has 2 aromatic rings. The summed E-state index contributed by atoms with van der Waals surface area (Å²) in [5.41, 5.74) is 6.93. The van der Waals surface area contributed by atoms with E-state index in [0.29, 0.717) is 6.42 Å². The van der Waals surface area contributed by atoms with E-state index >= 15 is 0 Å². The first-order valence-corrected chi connectivity index (χ1v) is 6.35. The van der Waals surface area contributed by atoms with Crippen LogP contribution in [0.2, 0.25) is 0 Å². The zero-order valence-electron chi connectivity index (χ0n) is 11.3. The Morgan fingerprint density at radius 1 is 0.905 bits per heavy atom. The Kier molecular flexibility index (Phi) is 6.31. The van der Waals surface area contributed by atoms with Gasteiger partial charge in [-0.1, -0.05) is 24.3 Å². The normalized spacial score (nSPS) is 10.2. The first kappa shape index (κ1) is 17.1. The van der Waals surface area contributed by atoms with Crippen LogP contribution in [-0.4, -0.2) is 5.91 Å². The number of primary amides is 1. The van der Waals surface area contributed by atoms with Gasteiger partial charge in [-0.05, 0) is 41.8 Å². The summed E-state index contributed by atoms with van der Waals surface area (Å²) in [7, 11) is 0. The SMILES string of the molecule is Cl.NC(=O)CCC(c1ccc(F)cc1)c1ccc(F)cc1. The zero-order valence-corrected chi connectivity index (χ0v) is 12.1. The maximum atomic E-state index is 13.0. The molecule has 0 spiro atoms. The smallest absolute Gasteiger partial charge is 0.217 e. The van der Waals surface area contributed by atoms with E-state index in [1.165, 1.54) is 24.3 Å². The summed E-state index contributed by atoms with van der Waals surface area (Å²) in [6.07, 6.45) is 0.728. The Morgan fingerprint density at radius 3 is 1.62 bits per heavy atom. The van der Waals surface area contributed by atoms with Gasteiger partial charge >= 0.3 is 0 Å². The number of benzene rings is 2. The van der Waals surface area contributed by atoms with Crippen LogP contribution in [0.1, 0.15) is 29.9 Å². The van der Waals surface area contributed by atoms with Crippen LogP contribution in [0.15, 0.2) is 48.5 Å². The molecule has 21 heavy (non-hydrogen) atoms. The van der Waals surface area contributed by atoms with Gasteiger partial charge in [0.2, 0.25) is 5.91 Å². The quantitative estimate of drug-likeness (QED) is 0.897. The van der Waals surface area contributed by atoms with E-state index in [9.17, 15) is 13.6 Å². The number of rotatable bonds is 5. The predicted molar refractivity (Wildman–Crippen MR) is 80.3 cm³/mol. The van der Waals surface area contributed by atoms with Gasteiger partial charge in [-0.25, -0.2) is 8.78 Å². The molecule has 0 bridgehead atoms. The highest BCUT2D eigenvalue weighted by atomic mass is 35.5. The summed E-state index contributed by atoms with van der Waals surface area (Å²) in [6, 6.07) is 12.2. The molecule has 2 nitrogen and oxygen atoms in total. The highest BCUT2D eigenvalue weighted by Gasteiger charge is 2.15. The predicted octanol–water partition coefficient (Wildman–Crippen LogP) is 3.78. The number of amides is 1. The van der Waals surface area contributed by atoms with Crippen LogP contribution >= 0.6 is 12.4 Å². The molecule has 0 aliphatic carbocycles. The second kappa shape index (κ2) is 7.74. The topological polar surface area (TPSA) is 43.1 Å². The van der Waals surface area contributed by atoms with Crippen LogP contribution < -0.4 is 5.73 Å². The maximum absolute atomic E-state index is 13.0. The summed E-state index contributed by atoms with van der Waals surface area (Å²) < 4.78 is 26.0. The van der Waals surface area contributed by atoms with Crippen molar-refractivity contribution < 1.29 is 13.6 Å². The molecule has 0 fully saturated rings. The van der Waals surface area contributed by atoms with Crippen molar-refractivity contribution in [3.8, 4) is 0 Å². The Balaban J connectivity index is 0.00000220. The molecule has 5 heteroatoms. The van der Waals surface area contributed by atoms with Gasteiger partial charge in [-0.15, -0.1) is 12.4 Å². The molecule has 2 rings (SSSR count). The van der Waals surface area contributed by atoms with Crippen molar-refractivity contribution in [2.75, 3.05) is 0 Å². The van der Waals surface area contributed by atoms with Crippen molar-refractivity contribution in [2.45, 2.75) is 18.8 Å². The van der Waals surface area contributed by atoms with Crippen molar-refractivity contribution in [3.63, 3.8) is 0 Å². The molecule has 0 atom stereocenters. The molecule has 0 aliphatic rings. The van der Waals surface area contributed by atoms with E-state index in [1.807, 2.05) is 0 Å². The lowest BCUT2D eigenvalue weighted by molar-refractivity contribution is -0.118. The molecule has 0 heterocycles. The van der Waals surface area contributed by atoms with Crippen LogP contribution in [-0.2, 0) is 4.79 Å². The largest absolute Gasteiger partial charge is 0.370 e. The van der Waals surface area contributed by atoms with Gasteiger partial charge in [0.25, 0.3) is 0 Å². The van der Waals surface area contributed by atoms with Crippen LogP contribution in [0.5, 0.6) is 0 Å². The lowest BCUT2D eigenvalue weighted by Crippen LogP contribution is -2.13. The number of carbonyl (C=O) groups excluding carboxylic acids is 1. The minimum Gasteiger partial charge on any atom is -0.370 e. The fourth-order valence-electron chi connectivity index (χ4n) is 2.20. The van der Waals surface area contributed by atoms with Crippen molar-refractivity contribution in [1.29, 1.82) is 0 Å². The summed E-state index contributed by atoms with van der Waals surface area (Å²) in [6.45, 7) is 0. The number of hydrogen-bond donors (Lipinski definition) is 1. The third kappa shape index (κ3) is 4.83. The van der Waals surface area contributed by atoms with Crippen LogP contribution in [0.3, 0.4) is 0 Å². The molecule has 0 unspecified atom stereocenters. The van der Waals surface area contributed by atoms with Crippen LogP contribution in [0.4, 0.5) is 8.78 Å². The van der Waals surface area contributed by atoms with E-state index in [1.54, 1.807) is 24.3 Å². The summed E-state index contributed by atoms with van der Waals surface area (Å²) in [4.78, 5) is 11.0. The average molecular weight is 312 g/mol. The summed E-state index contributed by atoms with van der Waals surface area (Å²) >= 11 is 0. The van der Waals surface area contributed by atoms with E-state index in [2.05, 4.69) is 0 Å². The lowest BCUT2D eigenvalue weighted by Gasteiger charge is -2.17. The third-order valence-corrected chi connectivity index (χ3v) is 3.22. The monoisotopic (exact) mass is 311 g/mol. The molecular formula is C16H16ClF2NO. The number of carbonyl (C=O) groups is 1. The molecule has 2 aromatic carbocycles. The van der Waals surface area contributed by atoms with Crippen LogP contribution in [0, 0.1) is 11.6 Å². The second-order valence-electron chi connectivity index (χ2n) is 4.66. The molecule has 1 amide bonds. The van der Waals surface area contributed by atoms with E-state index < -0.39 is 0 Å². The Morgan fingerprint density at radius 2 is 1.29 bits per heavy atom. The third-order valence-electron chi connectivity index (χ3n) is 3.22. The average Bonchev–Trinajstić information content (AvgIpc) is 2.42. The Hall–Kier alpha value is -1.94. The standard InChI is InChI=1S/C16H15F2NO.ClH/c17-13-5-1-11(2-6-13)15(9-10-16(19)20)12-3-7-14(18)8-4-12;/h1-8,15H,9-10H2,(H2,19,20);1H. The van der Waals surface area contributed by atoms with Gasteiger partial charge in [0.05, 0.1) is 0 Å². The Labute approximate surface area is 128 Å². The number of hydrogen-bond acceptors (Lipinski definition) is 1. The molecule has 0 aliphatic heterocycles. The molecule has 0 aromatic heterocycles. The minimum absolute atomic E-state index is 0. The van der Waals surface area contributed by atoms with E-state index in [0.717, 1.165) is 11.1 Å². The molecular weight excluding hydrogens is 296 g/mol. The van der Waals surface area contributed by atoms with Gasteiger partial charge in [0, 0.05) is 12.3 Å². The highest BCUT2D eigenvalue weighted by molar-refractivity contribution is 5.85. The maximum Gasteiger partial charge on any atom is 0.217 e. The molecule has 112 valence electrons. The van der Waals surface area contributed by atoms with Crippen LogP contribution in [0.25, 0.3) is 0 Å². The Bertz CT molecular complexity index is 539. The molecule has 2 N–H and O–H groups in total. The first-order chi connectivity index (χ1) is 9.56.